The second kappa shape index (κ2) is 18.5. The Morgan fingerprint density at radius 3 is 1.61 bits per heavy atom. The number of Topliss-reactive ketones (excluding diaryl/α,β-unsaturated/α-hetero) is 1. The van der Waals surface area contributed by atoms with Crippen molar-refractivity contribution in [2.75, 3.05) is 19.5 Å². The van der Waals surface area contributed by atoms with E-state index < -0.39 is 40.3 Å². The van der Waals surface area contributed by atoms with Crippen molar-refractivity contribution in [3.05, 3.63) is 167 Å². The van der Waals surface area contributed by atoms with Crippen molar-refractivity contribution in [1.29, 1.82) is 0 Å². The van der Waals surface area contributed by atoms with Gasteiger partial charge in [-0.15, -0.1) is 11.8 Å². The van der Waals surface area contributed by atoms with Crippen LogP contribution in [-0.2, 0) is 33.3 Å². The number of amides is 1. The SMILES string of the molecule is COC(=O)C(CSC(c1ccccc1)(c1ccccc1)c1ccccc1)CC(=O)CCC(NC(=O)OCC1c2ccccc2-c2ccccc21)C(=O)OC(C)(C)C. The molecule has 0 fully saturated rings. The van der Waals surface area contributed by atoms with E-state index in [9.17, 15) is 19.2 Å². The number of thioether (sulfide) groups is 1. The summed E-state index contributed by atoms with van der Waals surface area (Å²) in [6.07, 6.45) is -1.03. The summed E-state index contributed by atoms with van der Waals surface area (Å²) in [6.45, 7) is 5.27. The number of carbonyl (C=O) groups excluding carboxylic acids is 4. The summed E-state index contributed by atoms with van der Waals surface area (Å²) >= 11 is 1.57. The third-order valence-electron chi connectivity index (χ3n) is 10.1. The zero-order valence-electron chi connectivity index (χ0n) is 32.8. The van der Waals surface area contributed by atoms with E-state index in [0.29, 0.717) is 0 Å². The van der Waals surface area contributed by atoms with Crippen LogP contribution in [0.1, 0.15) is 73.8 Å². The van der Waals surface area contributed by atoms with Gasteiger partial charge in [0.05, 0.1) is 17.8 Å². The Kier molecular flexibility index (Phi) is 13.3. The molecule has 0 heterocycles. The van der Waals surface area contributed by atoms with Crippen LogP contribution in [0.5, 0.6) is 0 Å². The molecule has 0 aromatic heterocycles. The molecule has 6 rings (SSSR count). The summed E-state index contributed by atoms with van der Waals surface area (Å²) < 4.78 is 15.9. The minimum absolute atomic E-state index is 0.0407. The summed E-state index contributed by atoms with van der Waals surface area (Å²) in [5.41, 5.74) is 6.58. The molecule has 1 N–H and O–H groups in total. The molecule has 0 aliphatic heterocycles. The van der Waals surface area contributed by atoms with Crippen LogP contribution in [0, 0.1) is 5.92 Å². The predicted octanol–water partition coefficient (Wildman–Crippen LogP) is 9.49. The Morgan fingerprint density at radius 1 is 0.667 bits per heavy atom. The fraction of sp³-hybridized carbons (Fsp3) is 0.292. The number of nitrogens with one attached hydrogen (secondary N) is 1. The van der Waals surface area contributed by atoms with Crippen molar-refractivity contribution >= 4 is 35.6 Å². The molecule has 0 spiro atoms. The quantitative estimate of drug-likeness (QED) is 0.0599. The Balaban J connectivity index is 1.15. The number of carbonyl (C=O) groups is 4. The fourth-order valence-corrected chi connectivity index (χ4v) is 9.07. The zero-order valence-corrected chi connectivity index (χ0v) is 33.6. The van der Waals surface area contributed by atoms with Gasteiger partial charge in [0.15, 0.2) is 0 Å². The molecule has 294 valence electrons. The molecular formula is C48H49NO7S. The number of hydrogen-bond acceptors (Lipinski definition) is 8. The van der Waals surface area contributed by atoms with E-state index in [0.717, 1.165) is 38.9 Å². The second-order valence-electron chi connectivity index (χ2n) is 15.1. The predicted molar refractivity (Wildman–Crippen MR) is 224 cm³/mol. The molecule has 0 radical (unpaired) electrons. The average molecular weight is 784 g/mol. The van der Waals surface area contributed by atoms with Gasteiger partial charge in [-0.05, 0) is 66.1 Å². The highest BCUT2D eigenvalue weighted by Gasteiger charge is 2.39. The van der Waals surface area contributed by atoms with Crippen molar-refractivity contribution in [2.24, 2.45) is 5.92 Å². The minimum Gasteiger partial charge on any atom is -0.469 e. The lowest BCUT2D eigenvalue weighted by Crippen LogP contribution is -2.45. The first-order valence-corrected chi connectivity index (χ1v) is 20.2. The van der Waals surface area contributed by atoms with Gasteiger partial charge in [0.25, 0.3) is 0 Å². The van der Waals surface area contributed by atoms with Gasteiger partial charge < -0.3 is 19.5 Å². The smallest absolute Gasteiger partial charge is 0.407 e. The first-order chi connectivity index (χ1) is 27.5. The minimum atomic E-state index is -1.16. The molecule has 9 heteroatoms. The van der Waals surface area contributed by atoms with Gasteiger partial charge in [-0.25, -0.2) is 9.59 Å². The van der Waals surface area contributed by atoms with Gasteiger partial charge in [-0.1, -0.05) is 140 Å². The molecule has 57 heavy (non-hydrogen) atoms. The molecule has 1 amide bonds. The lowest BCUT2D eigenvalue weighted by Gasteiger charge is -2.36. The normalized spacial score (nSPS) is 13.4. The number of ether oxygens (including phenoxy) is 3. The average Bonchev–Trinajstić information content (AvgIpc) is 3.55. The van der Waals surface area contributed by atoms with Crippen LogP contribution in [-0.4, -0.2) is 54.9 Å². The molecule has 0 bridgehead atoms. The Morgan fingerprint density at radius 2 is 1.14 bits per heavy atom. The highest BCUT2D eigenvalue weighted by atomic mass is 32.2. The fourth-order valence-electron chi connectivity index (χ4n) is 7.46. The molecule has 5 aromatic carbocycles. The van der Waals surface area contributed by atoms with Gasteiger partial charge in [0, 0.05) is 24.5 Å². The largest absolute Gasteiger partial charge is 0.469 e. The van der Waals surface area contributed by atoms with Crippen LogP contribution in [0.4, 0.5) is 4.79 Å². The van der Waals surface area contributed by atoms with E-state index in [1.165, 1.54) is 7.11 Å². The van der Waals surface area contributed by atoms with Crippen LogP contribution < -0.4 is 5.32 Å². The van der Waals surface area contributed by atoms with E-state index in [1.807, 2.05) is 91.0 Å². The molecule has 1 aliphatic rings. The van der Waals surface area contributed by atoms with Crippen molar-refractivity contribution in [3.8, 4) is 11.1 Å². The van der Waals surface area contributed by atoms with E-state index >= 15 is 0 Å². The van der Waals surface area contributed by atoms with E-state index in [4.69, 9.17) is 14.2 Å². The molecule has 0 saturated heterocycles. The van der Waals surface area contributed by atoms with Gasteiger partial charge in [-0.2, -0.15) is 0 Å². The standard InChI is InChI=1S/C48H49NO7S/c1-47(2,3)56-45(52)43(49-46(53)55-31-42-40-26-16-14-24-38(40)39-25-15-17-27-41(39)42)29-28-37(50)30-33(44(51)54-4)32-57-48(34-18-8-5-9-19-34,35-20-10-6-11-21-35)36-22-12-7-13-23-36/h5-27,33,42-43H,28-32H2,1-4H3,(H,49,53). The maximum absolute atomic E-state index is 13.7. The van der Waals surface area contributed by atoms with Gasteiger partial charge >= 0.3 is 18.0 Å². The first kappa shape index (κ1) is 41.0. The number of esters is 2. The molecule has 2 atom stereocenters. The molecule has 5 aromatic rings. The summed E-state index contributed by atoms with van der Waals surface area (Å²) in [4.78, 5) is 53.8. The van der Waals surface area contributed by atoms with Crippen LogP contribution in [0.2, 0.25) is 0 Å². The highest BCUT2D eigenvalue weighted by molar-refractivity contribution is 8.00. The maximum Gasteiger partial charge on any atom is 0.407 e. The van der Waals surface area contributed by atoms with Gasteiger partial charge in [0.2, 0.25) is 0 Å². The van der Waals surface area contributed by atoms with Crippen LogP contribution in [0.15, 0.2) is 140 Å². The van der Waals surface area contributed by atoms with E-state index in [2.05, 4.69) is 53.8 Å². The Bertz CT molecular complexity index is 2010. The number of hydrogen-bond donors (Lipinski definition) is 1. The highest BCUT2D eigenvalue weighted by Crippen LogP contribution is 2.49. The summed E-state index contributed by atoms with van der Waals surface area (Å²) in [6, 6.07) is 45.2. The third kappa shape index (κ3) is 9.84. The number of alkyl carbamates (subject to hydrolysis) is 1. The molecule has 8 nitrogen and oxygen atoms in total. The van der Waals surface area contributed by atoms with Crippen molar-refractivity contribution in [2.45, 2.75) is 62.3 Å². The van der Waals surface area contributed by atoms with Crippen LogP contribution >= 0.6 is 11.8 Å². The van der Waals surface area contributed by atoms with Gasteiger partial charge in [0.1, 0.15) is 24.0 Å². The lowest BCUT2D eigenvalue weighted by atomic mass is 9.84. The summed E-state index contributed by atoms with van der Waals surface area (Å²) in [5, 5.41) is 2.67. The Hall–Kier alpha value is -5.67. The van der Waals surface area contributed by atoms with E-state index in [-0.39, 0.29) is 43.3 Å². The molecule has 1 aliphatic carbocycles. The molecule has 0 saturated carbocycles. The molecule has 2 unspecified atom stereocenters. The summed E-state index contributed by atoms with van der Waals surface area (Å²) in [5.74, 6) is -2.11. The molecular weight excluding hydrogens is 735 g/mol. The summed E-state index contributed by atoms with van der Waals surface area (Å²) in [7, 11) is 1.32. The lowest BCUT2D eigenvalue weighted by molar-refractivity contribution is -0.157. The Labute approximate surface area is 339 Å². The number of ketones is 1. The van der Waals surface area contributed by atoms with Crippen molar-refractivity contribution in [3.63, 3.8) is 0 Å². The van der Waals surface area contributed by atoms with Crippen molar-refractivity contribution in [1.82, 2.24) is 5.32 Å². The third-order valence-corrected chi connectivity index (χ3v) is 11.8. The number of benzene rings is 5. The first-order valence-electron chi connectivity index (χ1n) is 19.2. The topological polar surface area (TPSA) is 108 Å². The number of methoxy groups -OCH3 is 1. The van der Waals surface area contributed by atoms with Crippen molar-refractivity contribution < 1.29 is 33.4 Å². The van der Waals surface area contributed by atoms with Crippen LogP contribution in [0.3, 0.4) is 0 Å². The number of rotatable bonds is 16. The zero-order chi connectivity index (χ0) is 40.4. The maximum atomic E-state index is 13.7. The second-order valence-corrected chi connectivity index (χ2v) is 16.4. The monoisotopic (exact) mass is 783 g/mol. The van der Waals surface area contributed by atoms with Crippen LogP contribution in [0.25, 0.3) is 11.1 Å². The number of fused-ring (bicyclic) bond motifs is 3. The van der Waals surface area contributed by atoms with E-state index in [1.54, 1.807) is 32.5 Å². The van der Waals surface area contributed by atoms with Gasteiger partial charge in [-0.3, -0.25) is 9.59 Å².